The number of fused-ring (bicyclic) bond motifs is 1. The van der Waals surface area contributed by atoms with Crippen molar-refractivity contribution < 1.29 is 4.79 Å². The van der Waals surface area contributed by atoms with Crippen molar-refractivity contribution in [3.8, 4) is 6.07 Å². The first-order valence-corrected chi connectivity index (χ1v) is 9.69. The predicted molar refractivity (Wildman–Crippen MR) is 107 cm³/mol. The number of hydrogen-bond donors (Lipinski definition) is 1. The minimum Gasteiger partial charge on any atom is -0.301 e. The quantitative estimate of drug-likeness (QED) is 0.726. The van der Waals surface area contributed by atoms with E-state index in [1.54, 1.807) is 6.20 Å². The molecule has 0 bridgehead atoms. The summed E-state index contributed by atoms with van der Waals surface area (Å²) in [4.78, 5) is 17.5. The summed E-state index contributed by atoms with van der Waals surface area (Å²) in [5, 5.41) is 14.8. The number of nitrogens with zero attached hydrogens (tertiary/aromatic N) is 2. The Labute approximate surface area is 162 Å². The Balaban J connectivity index is 1.83. The van der Waals surface area contributed by atoms with E-state index in [0.717, 1.165) is 22.3 Å². The number of aromatic nitrogens is 1. The summed E-state index contributed by atoms with van der Waals surface area (Å²) in [7, 11) is 0. The van der Waals surface area contributed by atoms with Crippen LogP contribution in [-0.2, 0) is 11.2 Å². The molecule has 2 aromatic carbocycles. The molecule has 1 aliphatic carbocycles. The van der Waals surface area contributed by atoms with Gasteiger partial charge in [0.05, 0.1) is 17.0 Å². The first-order chi connectivity index (χ1) is 13.0. The number of benzene rings is 2. The zero-order valence-corrected chi connectivity index (χ0v) is 16.0. The topological polar surface area (TPSA) is 65.8 Å². The second-order valence-corrected chi connectivity index (χ2v) is 8.15. The number of anilines is 1. The molecule has 1 N–H and O–H groups in total. The van der Waals surface area contributed by atoms with Crippen LogP contribution in [0.25, 0.3) is 0 Å². The maximum atomic E-state index is 13.3. The molecule has 4 nitrogen and oxygen atoms in total. The number of hydrogen-bond acceptors (Lipinski definition) is 4. The number of carbonyl (C=O) groups is 1. The third kappa shape index (κ3) is 3.02. The van der Waals surface area contributed by atoms with Crippen LogP contribution >= 0.6 is 11.3 Å². The van der Waals surface area contributed by atoms with Gasteiger partial charge >= 0.3 is 0 Å². The van der Waals surface area contributed by atoms with Crippen LogP contribution in [0.2, 0.25) is 0 Å². The fourth-order valence-electron chi connectivity index (χ4n) is 4.07. The van der Waals surface area contributed by atoms with Gasteiger partial charge in [-0.1, -0.05) is 35.9 Å². The number of carbonyl (C=O) groups excluding carboxylic acids is 1. The zero-order chi connectivity index (χ0) is 19.0. The second-order valence-electron chi connectivity index (χ2n) is 7.26. The van der Waals surface area contributed by atoms with E-state index in [-0.39, 0.29) is 11.8 Å². The van der Waals surface area contributed by atoms with E-state index in [0.29, 0.717) is 17.1 Å². The molecule has 0 saturated carbocycles. The average molecular weight is 373 g/mol. The van der Waals surface area contributed by atoms with Gasteiger partial charge in [0.1, 0.15) is 0 Å². The van der Waals surface area contributed by atoms with E-state index in [1.807, 2.05) is 36.6 Å². The Morgan fingerprint density at radius 3 is 2.89 bits per heavy atom. The van der Waals surface area contributed by atoms with Crippen LogP contribution in [0, 0.1) is 23.7 Å². The first-order valence-electron chi connectivity index (χ1n) is 8.82. The summed E-state index contributed by atoms with van der Waals surface area (Å²) in [6.45, 7) is 4.06. The molecule has 27 heavy (non-hydrogen) atoms. The van der Waals surface area contributed by atoms with Gasteiger partial charge in [-0.2, -0.15) is 5.26 Å². The molecule has 3 aromatic rings. The summed E-state index contributed by atoms with van der Waals surface area (Å²) in [5.41, 5.74) is 4.40. The molecule has 1 amide bonds. The molecule has 1 aromatic heterocycles. The lowest BCUT2D eigenvalue weighted by Gasteiger charge is -2.31. The number of aryl methyl sites for hydroxylation is 1. The molecule has 1 aliphatic rings. The van der Waals surface area contributed by atoms with Gasteiger partial charge in [0, 0.05) is 17.5 Å². The van der Waals surface area contributed by atoms with E-state index in [1.165, 1.54) is 11.3 Å². The van der Waals surface area contributed by atoms with Gasteiger partial charge in [0.2, 0.25) is 5.91 Å². The Hall–Kier alpha value is -2.97. The third-order valence-corrected chi connectivity index (χ3v) is 6.02. The van der Waals surface area contributed by atoms with Gasteiger partial charge in [-0.3, -0.25) is 4.79 Å². The SMILES string of the molecule is Cc1cccc([C@@H]2c3cc(C#N)ccc3C[C@]2(C)C(=O)Nc2nccs2)c1. The molecule has 0 saturated heterocycles. The average Bonchev–Trinajstić information content (AvgIpc) is 3.26. The Bertz CT molecular complexity index is 1050. The molecule has 5 heteroatoms. The lowest BCUT2D eigenvalue weighted by molar-refractivity contribution is -0.125. The molecule has 0 aliphatic heterocycles. The summed E-state index contributed by atoms with van der Waals surface area (Å²) >= 11 is 1.41. The number of rotatable bonds is 3. The van der Waals surface area contributed by atoms with Gasteiger partial charge in [-0.15, -0.1) is 11.3 Å². The van der Waals surface area contributed by atoms with Crippen molar-refractivity contribution in [1.29, 1.82) is 5.26 Å². The van der Waals surface area contributed by atoms with Crippen molar-refractivity contribution in [1.82, 2.24) is 4.98 Å². The van der Waals surface area contributed by atoms with Crippen LogP contribution in [0.5, 0.6) is 0 Å². The number of amides is 1. The molecule has 0 unspecified atom stereocenters. The molecule has 4 rings (SSSR count). The van der Waals surface area contributed by atoms with Crippen molar-refractivity contribution in [2.75, 3.05) is 5.32 Å². The van der Waals surface area contributed by atoms with E-state index >= 15 is 0 Å². The smallest absolute Gasteiger partial charge is 0.233 e. The number of nitriles is 1. The van der Waals surface area contributed by atoms with Crippen molar-refractivity contribution in [2.45, 2.75) is 26.2 Å². The lowest BCUT2D eigenvalue weighted by atomic mass is 9.73. The zero-order valence-electron chi connectivity index (χ0n) is 15.2. The fraction of sp³-hybridized carbons (Fsp3) is 0.227. The molecular weight excluding hydrogens is 354 g/mol. The molecule has 0 radical (unpaired) electrons. The lowest BCUT2D eigenvalue weighted by Crippen LogP contribution is -2.37. The minimum absolute atomic E-state index is 0.0429. The van der Waals surface area contributed by atoms with Crippen LogP contribution in [-0.4, -0.2) is 10.9 Å². The van der Waals surface area contributed by atoms with E-state index in [2.05, 4.69) is 41.5 Å². The molecular formula is C22H19N3OS. The van der Waals surface area contributed by atoms with E-state index in [4.69, 9.17) is 0 Å². The summed E-state index contributed by atoms with van der Waals surface area (Å²) < 4.78 is 0. The Morgan fingerprint density at radius 1 is 1.33 bits per heavy atom. The summed E-state index contributed by atoms with van der Waals surface area (Å²) in [6, 6.07) is 16.3. The van der Waals surface area contributed by atoms with Gasteiger partial charge < -0.3 is 5.32 Å². The highest BCUT2D eigenvalue weighted by Gasteiger charge is 2.49. The first kappa shape index (κ1) is 17.4. The minimum atomic E-state index is -0.657. The highest BCUT2D eigenvalue weighted by atomic mass is 32.1. The van der Waals surface area contributed by atoms with Crippen LogP contribution in [0.3, 0.4) is 0 Å². The predicted octanol–water partition coefficient (Wildman–Crippen LogP) is 4.66. The number of thiazole rings is 1. The monoisotopic (exact) mass is 373 g/mol. The third-order valence-electron chi connectivity index (χ3n) is 5.33. The molecule has 1 heterocycles. The standard InChI is InChI=1S/C22H19N3OS/c1-14-4-3-5-16(10-14)19-18-11-15(13-23)6-7-17(18)12-22(19,2)20(26)25-21-24-8-9-27-21/h3-11,19H,12H2,1-2H3,(H,24,25,26)/t19-,22+/m1/s1. The highest BCUT2D eigenvalue weighted by molar-refractivity contribution is 7.13. The highest BCUT2D eigenvalue weighted by Crippen LogP contribution is 2.51. The van der Waals surface area contributed by atoms with Crippen LogP contribution in [0.15, 0.2) is 54.0 Å². The molecule has 0 spiro atoms. The van der Waals surface area contributed by atoms with Gasteiger partial charge in [0.15, 0.2) is 5.13 Å². The maximum Gasteiger partial charge on any atom is 0.233 e. The maximum absolute atomic E-state index is 13.3. The largest absolute Gasteiger partial charge is 0.301 e. The molecule has 0 fully saturated rings. The van der Waals surface area contributed by atoms with Crippen LogP contribution < -0.4 is 5.32 Å². The van der Waals surface area contributed by atoms with Crippen LogP contribution in [0.4, 0.5) is 5.13 Å². The normalized spacial score (nSPS) is 20.7. The van der Waals surface area contributed by atoms with Gasteiger partial charge in [-0.05, 0) is 49.1 Å². The Kier molecular flexibility index (Phi) is 4.29. The second kappa shape index (κ2) is 6.64. The Morgan fingerprint density at radius 2 is 2.19 bits per heavy atom. The van der Waals surface area contributed by atoms with Gasteiger partial charge in [0.25, 0.3) is 0 Å². The van der Waals surface area contributed by atoms with E-state index < -0.39 is 5.41 Å². The molecule has 134 valence electrons. The van der Waals surface area contributed by atoms with Crippen molar-refractivity contribution >= 4 is 22.4 Å². The van der Waals surface area contributed by atoms with Crippen molar-refractivity contribution in [3.05, 3.63) is 81.9 Å². The summed E-state index contributed by atoms with van der Waals surface area (Å²) in [5.74, 6) is -0.153. The van der Waals surface area contributed by atoms with Crippen LogP contribution in [0.1, 0.15) is 40.7 Å². The number of nitrogens with one attached hydrogen (secondary N) is 1. The van der Waals surface area contributed by atoms with Crippen molar-refractivity contribution in [2.24, 2.45) is 5.41 Å². The van der Waals surface area contributed by atoms with E-state index in [9.17, 15) is 10.1 Å². The molecule has 2 atom stereocenters. The van der Waals surface area contributed by atoms with Crippen molar-refractivity contribution in [3.63, 3.8) is 0 Å². The van der Waals surface area contributed by atoms with Gasteiger partial charge in [-0.25, -0.2) is 4.98 Å². The fourth-order valence-corrected chi connectivity index (χ4v) is 4.59. The summed E-state index contributed by atoms with van der Waals surface area (Å²) in [6.07, 6.45) is 2.31.